The van der Waals surface area contributed by atoms with E-state index < -0.39 is 11.9 Å². The van der Waals surface area contributed by atoms with Crippen LogP contribution in [0.25, 0.3) is 0 Å². The van der Waals surface area contributed by atoms with Crippen molar-refractivity contribution in [3.63, 3.8) is 0 Å². The van der Waals surface area contributed by atoms with E-state index in [1.807, 2.05) is 31.2 Å². The van der Waals surface area contributed by atoms with Gasteiger partial charge in [0.1, 0.15) is 5.75 Å². The zero-order valence-electron chi connectivity index (χ0n) is 13.2. The molecule has 0 aromatic heterocycles. The molecule has 6 heteroatoms. The minimum Gasteiger partial charge on any atom is -0.494 e. The topological polar surface area (TPSA) is 83.8 Å². The minimum atomic E-state index is -1.24. The van der Waals surface area contributed by atoms with Gasteiger partial charge in [0.05, 0.1) is 17.7 Å². The second-order valence-electron chi connectivity index (χ2n) is 5.18. The van der Waals surface area contributed by atoms with Crippen LogP contribution in [-0.2, 0) is 0 Å². The van der Waals surface area contributed by atoms with Crippen LogP contribution >= 0.6 is 11.8 Å². The first-order chi connectivity index (χ1) is 11.5. The van der Waals surface area contributed by atoms with E-state index in [9.17, 15) is 9.59 Å². The van der Waals surface area contributed by atoms with E-state index >= 15 is 0 Å². The fourth-order valence-corrected chi connectivity index (χ4v) is 2.91. The van der Waals surface area contributed by atoms with Gasteiger partial charge in [-0.25, -0.2) is 9.59 Å². The molecule has 2 rings (SSSR count). The van der Waals surface area contributed by atoms with Gasteiger partial charge in [-0.15, -0.1) is 11.8 Å². The van der Waals surface area contributed by atoms with Gasteiger partial charge in [0.2, 0.25) is 0 Å². The first-order valence-corrected chi connectivity index (χ1v) is 8.39. The Morgan fingerprint density at radius 2 is 1.67 bits per heavy atom. The quantitative estimate of drug-likeness (QED) is 0.556. The fourth-order valence-electron chi connectivity index (χ4n) is 2.05. The van der Waals surface area contributed by atoms with E-state index in [-0.39, 0.29) is 11.1 Å². The molecule has 0 fully saturated rings. The summed E-state index contributed by atoms with van der Waals surface area (Å²) in [5.74, 6) is -0.908. The molecule has 0 saturated carbocycles. The predicted molar refractivity (Wildman–Crippen MR) is 92.4 cm³/mol. The summed E-state index contributed by atoms with van der Waals surface area (Å²) >= 11 is 1.47. The van der Waals surface area contributed by atoms with Crippen LogP contribution < -0.4 is 4.74 Å². The highest BCUT2D eigenvalue weighted by Gasteiger charge is 2.16. The van der Waals surface area contributed by atoms with Gasteiger partial charge in [-0.1, -0.05) is 17.7 Å². The third kappa shape index (κ3) is 5.03. The van der Waals surface area contributed by atoms with Crippen LogP contribution in [0.4, 0.5) is 0 Å². The van der Waals surface area contributed by atoms with Crippen molar-refractivity contribution in [1.29, 1.82) is 0 Å². The summed E-state index contributed by atoms with van der Waals surface area (Å²) in [4.78, 5) is 22.9. The summed E-state index contributed by atoms with van der Waals surface area (Å²) in [6.45, 7) is 2.58. The summed E-state index contributed by atoms with van der Waals surface area (Å²) in [7, 11) is 0. The lowest BCUT2D eigenvalue weighted by atomic mass is 10.1. The maximum absolute atomic E-state index is 11.1. The lowest BCUT2D eigenvalue weighted by Crippen LogP contribution is -2.08. The first-order valence-electron chi connectivity index (χ1n) is 7.40. The molecular weight excluding hydrogens is 328 g/mol. The Bertz CT molecular complexity index is 725. The van der Waals surface area contributed by atoms with Crippen LogP contribution in [0.15, 0.2) is 47.4 Å². The Balaban J connectivity index is 1.84. The Labute approximate surface area is 144 Å². The fraction of sp³-hybridized carbons (Fsp3) is 0.222. The van der Waals surface area contributed by atoms with E-state index in [4.69, 9.17) is 14.9 Å². The minimum absolute atomic E-state index is 0.191. The van der Waals surface area contributed by atoms with Crippen LogP contribution in [0.1, 0.15) is 32.7 Å². The monoisotopic (exact) mass is 346 g/mol. The van der Waals surface area contributed by atoms with E-state index in [0.29, 0.717) is 6.61 Å². The third-order valence-corrected chi connectivity index (χ3v) is 4.38. The predicted octanol–water partition coefficient (Wildman–Crippen LogP) is 3.95. The number of carbonyl (C=O) groups is 2. The molecule has 0 aliphatic rings. The van der Waals surface area contributed by atoms with Gasteiger partial charge in [-0.3, -0.25) is 0 Å². The van der Waals surface area contributed by atoms with Crippen molar-refractivity contribution in [2.24, 2.45) is 0 Å². The Morgan fingerprint density at radius 1 is 1.00 bits per heavy atom. The lowest BCUT2D eigenvalue weighted by Gasteiger charge is -2.07. The molecule has 0 aliphatic heterocycles. The molecule has 126 valence electrons. The number of hydrogen-bond donors (Lipinski definition) is 2. The molecule has 0 atom stereocenters. The molecule has 0 aliphatic carbocycles. The van der Waals surface area contributed by atoms with Gasteiger partial charge in [-0.05, 0) is 43.7 Å². The third-order valence-electron chi connectivity index (χ3n) is 3.30. The molecule has 0 amide bonds. The Kier molecular flexibility index (Phi) is 6.26. The number of aromatic carboxylic acids is 2. The molecule has 2 N–H and O–H groups in total. The number of rotatable bonds is 8. The number of hydrogen-bond acceptors (Lipinski definition) is 4. The maximum atomic E-state index is 11.1. The summed E-state index contributed by atoms with van der Waals surface area (Å²) in [6.07, 6.45) is 0.793. The molecule has 5 nitrogen and oxygen atoms in total. The Hall–Kier alpha value is -2.47. The van der Waals surface area contributed by atoms with Crippen LogP contribution in [-0.4, -0.2) is 34.5 Å². The number of ether oxygens (including phenoxy) is 1. The number of carboxylic acids is 2. The average Bonchev–Trinajstić information content (AvgIpc) is 2.56. The molecular formula is C18H18O5S. The average molecular weight is 346 g/mol. The van der Waals surface area contributed by atoms with Crippen molar-refractivity contribution in [1.82, 2.24) is 0 Å². The molecule has 0 bridgehead atoms. The van der Waals surface area contributed by atoms with Crippen LogP contribution in [0, 0.1) is 6.92 Å². The van der Waals surface area contributed by atoms with Gasteiger partial charge in [-0.2, -0.15) is 0 Å². The van der Waals surface area contributed by atoms with Gasteiger partial charge in [0.25, 0.3) is 0 Å². The van der Waals surface area contributed by atoms with Gasteiger partial charge in [0, 0.05) is 10.6 Å². The van der Waals surface area contributed by atoms with Gasteiger partial charge < -0.3 is 14.9 Å². The molecule has 0 radical (unpaired) electrons. The van der Waals surface area contributed by atoms with Crippen LogP contribution in [0.3, 0.4) is 0 Å². The van der Waals surface area contributed by atoms with E-state index in [0.717, 1.165) is 22.8 Å². The van der Waals surface area contributed by atoms with E-state index in [1.165, 1.54) is 29.5 Å². The van der Waals surface area contributed by atoms with Crippen molar-refractivity contribution in [3.05, 3.63) is 59.2 Å². The van der Waals surface area contributed by atoms with Crippen molar-refractivity contribution < 1.29 is 24.5 Å². The zero-order chi connectivity index (χ0) is 17.5. The van der Waals surface area contributed by atoms with E-state index in [1.54, 1.807) is 6.07 Å². The second-order valence-corrected chi connectivity index (χ2v) is 6.35. The van der Waals surface area contributed by atoms with Crippen molar-refractivity contribution in [3.8, 4) is 5.75 Å². The lowest BCUT2D eigenvalue weighted by molar-refractivity contribution is 0.0651. The smallest absolute Gasteiger partial charge is 0.336 e. The summed E-state index contributed by atoms with van der Waals surface area (Å²) in [5, 5.41) is 18.1. The number of thioether (sulfide) groups is 1. The summed E-state index contributed by atoms with van der Waals surface area (Å²) < 4.78 is 5.63. The maximum Gasteiger partial charge on any atom is 0.336 e. The molecule has 24 heavy (non-hydrogen) atoms. The SMILES string of the molecule is Cc1ccc(OCCCSc2ccc(C(=O)O)c(C(=O)O)c2)cc1. The zero-order valence-corrected chi connectivity index (χ0v) is 14.0. The first kappa shape index (κ1) is 17.9. The highest BCUT2D eigenvalue weighted by molar-refractivity contribution is 7.99. The van der Waals surface area contributed by atoms with Crippen LogP contribution in [0.2, 0.25) is 0 Å². The normalized spacial score (nSPS) is 10.4. The Morgan fingerprint density at radius 3 is 2.29 bits per heavy atom. The summed E-state index contributed by atoms with van der Waals surface area (Å²) in [5.41, 5.74) is 0.787. The molecule has 0 saturated heterocycles. The molecule has 0 spiro atoms. The standard InChI is InChI=1S/C18H18O5S/c1-12-3-5-13(6-4-12)23-9-2-10-24-14-7-8-15(17(19)20)16(11-14)18(21)22/h3-8,11H,2,9-10H2,1H3,(H,19,20)(H,21,22). The van der Waals surface area contributed by atoms with Crippen molar-refractivity contribution in [2.75, 3.05) is 12.4 Å². The number of benzene rings is 2. The second kappa shape index (κ2) is 8.40. The van der Waals surface area contributed by atoms with Gasteiger partial charge >= 0.3 is 11.9 Å². The van der Waals surface area contributed by atoms with Crippen molar-refractivity contribution in [2.45, 2.75) is 18.2 Å². The van der Waals surface area contributed by atoms with E-state index in [2.05, 4.69) is 0 Å². The highest BCUT2D eigenvalue weighted by Crippen LogP contribution is 2.23. The number of aryl methyl sites for hydroxylation is 1. The van der Waals surface area contributed by atoms with Crippen molar-refractivity contribution >= 4 is 23.7 Å². The van der Waals surface area contributed by atoms with Gasteiger partial charge in [0.15, 0.2) is 0 Å². The largest absolute Gasteiger partial charge is 0.494 e. The molecule has 2 aromatic rings. The number of carboxylic acid groups (broad SMARTS) is 2. The molecule has 0 heterocycles. The molecule has 0 unspecified atom stereocenters. The van der Waals surface area contributed by atoms with Crippen LogP contribution in [0.5, 0.6) is 5.75 Å². The highest BCUT2D eigenvalue weighted by atomic mass is 32.2. The summed E-state index contributed by atoms with van der Waals surface area (Å²) in [6, 6.07) is 12.2. The molecule has 2 aromatic carbocycles.